The summed E-state index contributed by atoms with van der Waals surface area (Å²) in [5.74, 6) is -1.89. The number of ether oxygens (including phenoxy) is 6. The standard InChI is InChI=1S/C26H47N2O13PS/c1-35-11-13-37-10-8-27-25(31)39-17-20(18-40-26(32)28-19-38-14-12-36-2)23-21(29)16-22(24(23)30)43-15-7-5-4-6-9-41-42(3,33)34/h20,22-23H,4-19H2,1-3H3,(H,27,31)(H,28,32)(H,33,34)/p-1. The first-order valence-corrected chi connectivity index (χ1v) is 17.2. The Labute approximate surface area is 257 Å². The van der Waals surface area contributed by atoms with Crippen molar-refractivity contribution in [1.82, 2.24) is 10.6 Å². The number of carbonyl (C=O) groups excluding carboxylic acids is 4. The lowest BCUT2D eigenvalue weighted by Gasteiger charge is -2.22. The highest BCUT2D eigenvalue weighted by atomic mass is 32.2. The second kappa shape index (κ2) is 23.6. The summed E-state index contributed by atoms with van der Waals surface area (Å²) in [5, 5.41) is 4.37. The number of alkyl carbamates (subject to hydrolysis) is 2. The Bertz CT molecular complexity index is 876. The molecule has 0 aromatic heterocycles. The van der Waals surface area contributed by atoms with Crippen LogP contribution in [0.2, 0.25) is 0 Å². The van der Waals surface area contributed by atoms with E-state index in [2.05, 4.69) is 10.6 Å². The lowest BCUT2D eigenvalue weighted by Crippen LogP contribution is -2.38. The second-order valence-electron chi connectivity index (χ2n) is 9.64. The molecular formula is C26H46N2O13PS-. The van der Waals surface area contributed by atoms with Gasteiger partial charge in [-0.15, -0.1) is 0 Å². The zero-order valence-electron chi connectivity index (χ0n) is 25.2. The van der Waals surface area contributed by atoms with E-state index in [1.54, 1.807) is 7.11 Å². The quantitative estimate of drug-likeness (QED) is 0.0618. The molecule has 0 spiro atoms. The van der Waals surface area contributed by atoms with Crippen LogP contribution in [-0.4, -0.2) is 122 Å². The van der Waals surface area contributed by atoms with Crippen LogP contribution in [0.4, 0.5) is 9.59 Å². The van der Waals surface area contributed by atoms with Gasteiger partial charge in [-0.1, -0.05) is 12.8 Å². The summed E-state index contributed by atoms with van der Waals surface area (Å²) in [6, 6.07) is 0. The van der Waals surface area contributed by atoms with Gasteiger partial charge >= 0.3 is 12.2 Å². The Balaban J connectivity index is 2.58. The van der Waals surface area contributed by atoms with Crippen molar-refractivity contribution in [2.75, 3.05) is 92.8 Å². The number of carbonyl (C=O) groups is 4. The van der Waals surface area contributed by atoms with Crippen molar-refractivity contribution in [3.63, 3.8) is 0 Å². The zero-order valence-corrected chi connectivity index (χ0v) is 26.9. The molecule has 2 N–H and O–H groups in total. The van der Waals surface area contributed by atoms with Gasteiger partial charge in [-0.3, -0.25) is 14.9 Å². The van der Waals surface area contributed by atoms with E-state index < -0.39 is 36.9 Å². The van der Waals surface area contributed by atoms with E-state index in [9.17, 15) is 28.6 Å². The van der Waals surface area contributed by atoms with Crippen LogP contribution in [0.1, 0.15) is 32.1 Å². The maximum atomic E-state index is 13.2. The first kappa shape index (κ1) is 39.2. The average Bonchev–Trinajstić information content (AvgIpc) is 3.23. The molecular weight excluding hydrogens is 611 g/mol. The molecule has 0 aliphatic heterocycles. The van der Waals surface area contributed by atoms with E-state index in [0.717, 1.165) is 25.9 Å². The molecule has 250 valence electrons. The Morgan fingerprint density at radius 2 is 1.53 bits per heavy atom. The molecule has 0 heterocycles. The van der Waals surface area contributed by atoms with Crippen LogP contribution in [-0.2, 0) is 47.1 Å². The van der Waals surface area contributed by atoms with Gasteiger partial charge in [0.2, 0.25) is 0 Å². The fraction of sp³-hybridized carbons (Fsp3) is 0.846. The highest BCUT2D eigenvalue weighted by molar-refractivity contribution is 8.00. The lowest BCUT2D eigenvalue weighted by atomic mass is 9.90. The van der Waals surface area contributed by atoms with Crippen molar-refractivity contribution >= 4 is 43.1 Å². The van der Waals surface area contributed by atoms with Crippen LogP contribution >= 0.6 is 19.4 Å². The maximum Gasteiger partial charge on any atom is 0.408 e. The predicted molar refractivity (Wildman–Crippen MR) is 155 cm³/mol. The number of unbranched alkanes of at least 4 members (excludes halogenated alkanes) is 3. The van der Waals surface area contributed by atoms with Crippen LogP contribution < -0.4 is 15.5 Å². The number of ketones is 2. The number of hydrogen-bond acceptors (Lipinski definition) is 14. The Hall–Kier alpha value is -1.78. The molecule has 0 radical (unpaired) electrons. The molecule has 15 nitrogen and oxygen atoms in total. The van der Waals surface area contributed by atoms with E-state index in [1.165, 1.54) is 18.9 Å². The Morgan fingerprint density at radius 3 is 2.19 bits per heavy atom. The van der Waals surface area contributed by atoms with Gasteiger partial charge in [0.15, 0.2) is 5.78 Å². The lowest BCUT2D eigenvalue weighted by molar-refractivity contribution is -0.196. The number of methoxy groups -OCH3 is 2. The van der Waals surface area contributed by atoms with Crippen LogP contribution in [0.5, 0.6) is 0 Å². The van der Waals surface area contributed by atoms with Gasteiger partial charge in [-0.25, -0.2) is 9.59 Å². The number of nitrogens with one attached hydrogen (secondary N) is 2. The summed E-state index contributed by atoms with van der Waals surface area (Å²) in [5.41, 5.74) is 0. The highest BCUT2D eigenvalue weighted by Gasteiger charge is 2.46. The minimum absolute atomic E-state index is 0.0400. The highest BCUT2D eigenvalue weighted by Crippen LogP contribution is 2.34. The summed E-state index contributed by atoms with van der Waals surface area (Å²) >= 11 is 1.38. The number of Topliss-reactive ketones (excluding diaryl/α,β-unsaturated/α-hetero) is 2. The molecule has 2 amide bonds. The van der Waals surface area contributed by atoms with Crippen LogP contribution in [0.15, 0.2) is 0 Å². The molecule has 17 heteroatoms. The normalized spacial score (nSPS) is 18.7. The van der Waals surface area contributed by atoms with E-state index >= 15 is 0 Å². The van der Waals surface area contributed by atoms with Crippen molar-refractivity contribution in [2.45, 2.75) is 37.4 Å². The predicted octanol–water partition coefficient (Wildman–Crippen LogP) is 1.36. The Kier molecular flexibility index (Phi) is 21.5. The van der Waals surface area contributed by atoms with Gasteiger partial charge in [0.25, 0.3) is 0 Å². The van der Waals surface area contributed by atoms with Crippen molar-refractivity contribution in [3.8, 4) is 0 Å². The third kappa shape index (κ3) is 19.3. The van der Waals surface area contributed by atoms with Crippen molar-refractivity contribution < 1.29 is 61.6 Å². The molecule has 0 saturated heterocycles. The summed E-state index contributed by atoms with van der Waals surface area (Å²) in [7, 11) is -0.650. The summed E-state index contributed by atoms with van der Waals surface area (Å²) in [4.78, 5) is 61.5. The van der Waals surface area contributed by atoms with Crippen LogP contribution in [0.3, 0.4) is 0 Å². The zero-order chi connectivity index (χ0) is 31.9. The molecule has 4 unspecified atom stereocenters. The smallest absolute Gasteiger partial charge is 0.408 e. The van der Waals surface area contributed by atoms with E-state index in [4.69, 9.17) is 32.9 Å². The first-order chi connectivity index (χ1) is 20.6. The number of hydrogen-bond donors (Lipinski definition) is 2. The van der Waals surface area contributed by atoms with E-state index in [1.807, 2.05) is 0 Å². The minimum Gasteiger partial charge on any atom is -0.779 e. The van der Waals surface area contributed by atoms with Gasteiger partial charge in [0, 0.05) is 39.8 Å². The van der Waals surface area contributed by atoms with Gasteiger partial charge in [0.05, 0.1) is 50.8 Å². The molecule has 1 saturated carbocycles. The average molecular weight is 658 g/mol. The molecule has 4 atom stereocenters. The van der Waals surface area contributed by atoms with Crippen LogP contribution in [0.25, 0.3) is 0 Å². The largest absolute Gasteiger partial charge is 0.779 e. The van der Waals surface area contributed by atoms with Crippen molar-refractivity contribution in [1.29, 1.82) is 0 Å². The van der Waals surface area contributed by atoms with Gasteiger partial charge < -0.3 is 47.7 Å². The third-order valence-corrected chi connectivity index (χ3v) is 8.04. The number of amides is 2. The molecule has 1 aliphatic carbocycles. The summed E-state index contributed by atoms with van der Waals surface area (Å²) in [6.07, 6.45) is 1.45. The third-order valence-electron chi connectivity index (χ3n) is 6.07. The Morgan fingerprint density at radius 1 is 0.907 bits per heavy atom. The topological polar surface area (TPSA) is 197 Å². The van der Waals surface area contributed by atoms with Crippen molar-refractivity contribution in [2.24, 2.45) is 11.8 Å². The first-order valence-electron chi connectivity index (χ1n) is 14.1. The molecule has 0 bridgehead atoms. The molecule has 0 aromatic carbocycles. The number of rotatable bonds is 25. The molecule has 43 heavy (non-hydrogen) atoms. The maximum absolute atomic E-state index is 13.2. The summed E-state index contributed by atoms with van der Waals surface area (Å²) < 4.78 is 46.4. The monoisotopic (exact) mass is 657 g/mol. The van der Waals surface area contributed by atoms with E-state index in [0.29, 0.717) is 32.0 Å². The SMILES string of the molecule is COCCOCCNC(=O)OCC(COC(=O)NCOCCOC)C1C(=O)CC(SCCCCCCOP(C)(=O)[O-])C1=O. The fourth-order valence-electron chi connectivity index (χ4n) is 3.92. The van der Waals surface area contributed by atoms with E-state index in [-0.39, 0.29) is 64.3 Å². The second-order valence-corrected chi connectivity index (χ2v) is 12.8. The molecule has 1 rings (SSSR count). The molecule has 0 aromatic rings. The summed E-state index contributed by atoms with van der Waals surface area (Å²) in [6.45, 7) is 2.25. The van der Waals surface area contributed by atoms with Crippen molar-refractivity contribution in [3.05, 3.63) is 0 Å². The minimum atomic E-state index is -3.71. The fourth-order valence-corrected chi connectivity index (χ4v) is 5.63. The number of thioether (sulfide) groups is 1. The van der Waals surface area contributed by atoms with Gasteiger partial charge in [-0.2, -0.15) is 11.8 Å². The molecule has 1 aliphatic rings. The molecule has 1 fully saturated rings. The van der Waals surface area contributed by atoms with Gasteiger partial charge in [-0.05, 0) is 18.6 Å². The van der Waals surface area contributed by atoms with Gasteiger partial charge in [0.1, 0.15) is 33.3 Å². The van der Waals surface area contributed by atoms with Crippen LogP contribution in [0, 0.1) is 11.8 Å².